The third-order valence-corrected chi connectivity index (χ3v) is 2.32. The topological polar surface area (TPSA) is 24.9 Å². The van der Waals surface area contributed by atoms with Crippen molar-refractivity contribution in [3.63, 3.8) is 0 Å². The van der Waals surface area contributed by atoms with Crippen LogP contribution in [0, 0.1) is 5.82 Å². The van der Waals surface area contributed by atoms with E-state index in [1.54, 1.807) is 18.3 Å². The first-order chi connectivity index (χ1) is 7.74. The number of pyridine rings is 1. The van der Waals surface area contributed by atoms with Crippen LogP contribution >= 0.6 is 11.6 Å². The van der Waals surface area contributed by atoms with Gasteiger partial charge in [-0.3, -0.25) is 0 Å². The van der Waals surface area contributed by atoms with E-state index in [-0.39, 0.29) is 5.82 Å². The maximum Gasteiger partial charge on any atom is 0.131 e. The quantitative estimate of drug-likeness (QED) is 0.826. The first-order valence-electron chi connectivity index (χ1n) is 4.84. The molecule has 0 unspecified atom stereocenters. The molecule has 0 spiro atoms. The van der Waals surface area contributed by atoms with Crippen LogP contribution in [0.5, 0.6) is 0 Å². The van der Waals surface area contributed by atoms with E-state index in [0.717, 1.165) is 11.3 Å². The van der Waals surface area contributed by atoms with Gasteiger partial charge in [0.15, 0.2) is 0 Å². The number of aromatic nitrogens is 1. The van der Waals surface area contributed by atoms with Crippen LogP contribution in [0.2, 0.25) is 5.15 Å². The molecule has 1 N–H and O–H groups in total. The highest BCUT2D eigenvalue weighted by Crippen LogP contribution is 2.13. The van der Waals surface area contributed by atoms with Crippen LogP contribution in [0.1, 0.15) is 5.56 Å². The summed E-state index contributed by atoms with van der Waals surface area (Å²) in [5.41, 5.74) is 1.75. The van der Waals surface area contributed by atoms with Crippen LogP contribution in [-0.4, -0.2) is 4.98 Å². The van der Waals surface area contributed by atoms with Gasteiger partial charge in [-0.05, 0) is 29.8 Å². The molecule has 16 heavy (non-hydrogen) atoms. The Kier molecular flexibility index (Phi) is 3.37. The number of nitrogens with one attached hydrogen (secondary N) is 1. The largest absolute Gasteiger partial charge is 0.381 e. The summed E-state index contributed by atoms with van der Waals surface area (Å²) in [6.07, 6.45) is 1.62. The van der Waals surface area contributed by atoms with Gasteiger partial charge in [0.05, 0.1) is 0 Å². The minimum absolute atomic E-state index is 0.230. The van der Waals surface area contributed by atoms with Crippen molar-refractivity contribution in [1.82, 2.24) is 4.98 Å². The van der Waals surface area contributed by atoms with Crippen LogP contribution in [0.3, 0.4) is 0 Å². The molecule has 2 rings (SSSR count). The number of hydrogen-bond donors (Lipinski definition) is 1. The zero-order valence-corrected chi connectivity index (χ0v) is 9.21. The third-order valence-electron chi connectivity index (χ3n) is 2.11. The lowest BCUT2D eigenvalue weighted by molar-refractivity contribution is 0.626. The van der Waals surface area contributed by atoms with E-state index in [9.17, 15) is 4.39 Å². The maximum atomic E-state index is 12.9. The number of rotatable bonds is 3. The summed E-state index contributed by atoms with van der Waals surface area (Å²) >= 11 is 5.74. The lowest BCUT2D eigenvalue weighted by Gasteiger charge is -2.06. The summed E-state index contributed by atoms with van der Waals surface area (Å²) in [7, 11) is 0. The smallest absolute Gasteiger partial charge is 0.131 e. The van der Waals surface area contributed by atoms with Gasteiger partial charge < -0.3 is 5.32 Å². The maximum absolute atomic E-state index is 12.9. The van der Waals surface area contributed by atoms with Gasteiger partial charge in [0.2, 0.25) is 0 Å². The van der Waals surface area contributed by atoms with Gasteiger partial charge in [0.1, 0.15) is 11.0 Å². The summed E-state index contributed by atoms with van der Waals surface area (Å²) < 4.78 is 12.9. The third kappa shape index (κ3) is 2.94. The number of benzene rings is 1. The molecule has 0 saturated carbocycles. The Morgan fingerprint density at radius 3 is 2.88 bits per heavy atom. The molecule has 82 valence electrons. The van der Waals surface area contributed by atoms with E-state index in [4.69, 9.17) is 11.6 Å². The van der Waals surface area contributed by atoms with E-state index in [1.165, 1.54) is 12.1 Å². The van der Waals surface area contributed by atoms with Gasteiger partial charge in [-0.15, -0.1) is 0 Å². The number of nitrogens with zero attached hydrogens (tertiary/aromatic N) is 1. The van der Waals surface area contributed by atoms with Crippen molar-refractivity contribution in [2.24, 2.45) is 0 Å². The minimum Gasteiger partial charge on any atom is -0.381 e. The fraction of sp³-hybridized carbons (Fsp3) is 0.0833. The van der Waals surface area contributed by atoms with Crippen molar-refractivity contribution in [2.45, 2.75) is 6.54 Å². The van der Waals surface area contributed by atoms with Gasteiger partial charge in [-0.1, -0.05) is 23.7 Å². The zero-order valence-electron chi connectivity index (χ0n) is 8.45. The van der Waals surface area contributed by atoms with Gasteiger partial charge in [-0.2, -0.15) is 0 Å². The Morgan fingerprint density at radius 1 is 1.25 bits per heavy atom. The van der Waals surface area contributed by atoms with Crippen LogP contribution in [-0.2, 0) is 6.54 Å². The summed E-state index contributed by atoms with van der Waals surface area (Å²) in [6, 6.07) is 10.00. The molecule has 2 aromatic rings. The van der Waals surface area contributed by atoms with Gasteiger partial charge in [0, 0.05) is 18.4 Å². The second-order valence-electron chi connectivity index (χ2n) is 3.35. The highest BCUT2D eigenvalue weighted by molar-refractivity contribution is 6.29. The fourth-order valence-corrected chi connectivity index (χ4v) is 1.54. The van der Waals surface area contributed by atoms with Crippen molar-refractivity contribution >= 4 is 17.3 Å². The molecule has 0 fully saturated rings. The molecular weight excluding hydrogens is 227 g/mol. The van der Waals surface area contributed by atoms with E-state index < -0.39 is 0 Å². The summed E-state index contributed by atoms with van der Waals surface area (Å²) in [5, 5.41) is 3.57. The van der Waals surface area contributed by atoms with Crippen LogP contribution in [0.15, 0.2) is 42.6 Å². The van der Waals surface area contributed by atoms with E-state index >= 15 is 0 Å². The monoisotopic (exact) mass is 236 g/mol. The molecule has 1 heterocycles. The Labute approximate surface area is 98.1 Å². The molecule has 0 amide bonds. The lowest BCUT2D eigenvalue weighted by atomic mass is 10.2. The van der Waals surface area contributed by atoms with Crippen molar-refractivity contribution in [2.75, 3.05) is 5.32 Å². The molecular formula is C12H10ClFN2. The first kappa shape index (κ1) is 10.9. The zero-order chi connectivity index (χ0) is 11.4. The Bertz CT molecular complexity index is 442. The van der Waals surface area contributed by atoms with Crippen molar-refractivity contribution in [3.05, 3.63) is 59.1 Å². The number of hydrogen-bond acceptors (Lipinski definition) is 2. The highest BCUT2D eigenvalue weighted by Gasteiger charge is 1.97. The number of halogens is 2. The molecule has 0 bridgehead atoms. The molecule has 1 aromatic heterocycles. The van der Waals surface area contributed by atoms with Crippen LogP contribution in [0.25, 0.3) is 0 Å². The Balaban J connectivity index is 2.02. The first-order valence-corrected chi connectivity index (χ1v) is 5.22. The highest BCUT2D eigenvalue weighted by atomic mass is 35.5. The second-order valence-corrected chi connectivity index (χ2v) is 3.74. The molecule has 0 aliphatic heterocycles. The lowest BCUT2D eigenvalue weighted by Crippen LogP contribution is -1.99. The minimum atomic E-state index is -0.230. The normalized spacial score (nSPS) is 10.1. The Hall–Kier alpha value is -1.61. The van der Waals surface area contributed by atoms with E-state index in [1.807, 2.05) is 12.1 Å². The van der Waals surface area contributed by atoms with Gasteiger partial charge >= 0.3 is 0 Å². The van der Waals surface area contributed by atoms with Gasteiger partial charge in [0.25, 0.3) is 0 Å². The standard InChI is InChI=1S/C12H10ClFN2/c13-12-7-11(4-5-15-12)16-8-9-2-1-3-10(14)6-9/h1-7H,8H2,(H,15,16). The van der Waals surface area contributed by atoms with Crippen LogP contribution in [0.4, 0.5) is 10.1 Å². The molecule has 2 nitrogen and oxygen atoms in total. The molecule has 0 radical (unpaired) electrons. The van der Waals surface area contributed by atoms with Crippen LogP contribution < -0.4 is 5.32 Å². The number of anilines is 1. The predicted octanol–water partition coefficient (Wildman–Crippen LogP) is 3.49. The van der Waals surface area contributed by atoms with Gasteiger partial charge in [-0.25, -0.2) is 9.37 Å². The second kappa shape index (κ2) is 4.94. The summed E-state index contributed by atoms with van der Waals surface area (Å²) in [5.74, 6) is -0.230. The summed E-state index contributed by atoms with van der Waals surface area (Å²) in [4.78, 5) is 3.87. The van der Waals surface area contributed by atoms with Crippen molar-refractivity contribution in [1.29, 1.82) is 0 Å². The van der Waals surface area contributed by atoms with Crippen molar-refractivity contribution < 1.29 is 4.39 Å². The SMILES string of the molecule is Fc1cccc(CNc2ccnc(Cl)c2)c1. The molecule has 0 atom stereocenters. The molecule has 0 aliphatic carbocycles. The average molecular weight is 237 g/mol. The van der Waals surface area contributed by atoms with E-state index in [0.29, 0.717) is 11.7 Å². The summed E-state index contributed by atoms with van der Waals surface area (Å²) in [6.45, 7) is 0.554. The molecule has 0 saturated heterocycles. The predicted molar refractivity (Wildman–Crippen MR) is 63.0 cm³/mol. The molecule has 1 aromatic carbocycles. The fourth-order valence-electron chi connectivity index (χ4n) is 1.36. The molecule has 4 heteroatoms. The van der Waals surface area contributed by atoms with Crippen molar-refractivity contribution in [3.8, 4) is 0 Å². The van der Waals surface area contributed by atoms with E-state index in [2.05, 4.69) is 10.3 Å². The Morgan fingerprint density at radius 2 is 2.12 bits per heavy atom. The molecule has 0 aliphatic rings. The average Bonchev–Trinajstić information content (AvgIpc) is 2.27.